The molecule has 9 heteroatoms. The fraction of sp³-hybridized carbons (Fsp3) is 0.400. The molecule has 0 saturated carbocycles. The quantitative estimate of drug-likeness (QED) is 0.699. The number of likely N-dealkylation sites (tertiary alicyclic amines) is 1. The number of rotatable bonds is 8. The SMILES string of the molecule is COCCC1(NS(=O)(=O)c2ccccc2)CCN(C(=O)c2ccc(OC)nc2)C1. The highest BCUT2D eigenvalue weighted by Gasteiger charge is 2.43. The number of hydrogen-bond acceptors (Lipinski definition) is 6. The van der Waals surface area contributed by atoms with Crippen LogP contribution < -0.4 is 9.46 Å². The molecule has 0 radical (unpaired) electrons. The Hall–Kier alpha value is -2.49. The summed E-state index contributed by atoms with van der Waals surface area (Å²) in [5, 5.41) is 0. The minimum atomic E-state index is -3.73. The number of aromatic nitrogens is 1. The molecule has 1 aromatic heterocycles. The van der Waals surface area contributed by atoms with E-state index in [1.165, 1.54) is 13.3 Å². The van der Waals surface area contributed by atoms with Crippen LogP contribution in [0.4, 0.5) is 0 Å². The zero-order valence-corrected chi connectivity index (χ0v) is 17.3. The molecule has 8 nitrogen and oxygen atoms in total. The Morgan fingerprint density at radius 3 is 2.59 bits per heavy atom. The van der Waals surface area contributed by atoms with Gasteiger partial charge in [0.15, 0.2) is 0 Å². The van der Waals surface area contributed by atoms with Gasteiger partial charge in [-0.15, -0.1) is 0 Å². The predicted molar refractivity (Wildman–Crippen MR) is 107 cm³/mol. The Morgan fingerprint density at radius 2 is 1.97 bits per heavy atom. The highest BCUT2D eigenvalue weighted by molar-refractivity contribution is 7.89. The van der Waals surface area contributed by atoms with Gasteiger partial charge in [-0.05, 0) is 31.0 Å². The van der Waals surface area contributed by atoms with Crippen molar-refractivity contribution in [1.82, 2.24) is 14.6 Å². The van der Waals surface area contributed by atoms with E-state index in [0.29, 0.717) is 37.4 Å². The van der Waals surface area contributed by atoms with Crippen LogP contribution in [0.3, 0.4) is 0 Å². The molecule has 2 aromatic rings. The lowest BCUT2D eigenvalue weighted by molar-refractivity contribution is 0.0774. The van der Waals surface area contributed by atoms with Crippen molar-refractivity contribution in [3.05, 3.63) is 54.2 Å². The number of methoxy groups -OCH3 is 2. The van der Waals surface area contributed by atoms with Crippen molar-refractivity contribution in [2.45, 2.75) is 23.3 Å². The topological polar surface area (TPSA) is 97.8 Å². The number of hydrogen-bond donors (Lipinski definition) is 1. The van der Waals surface area contributed by atoms with Crippen LogP contribution in [0.25, 0.3) is 0 Å². The van der Waals surface area contributed by atoms with Crippen LogP contribution in [0.15, 0.2) is 53.6 Å². The fourth-order valence-electron chi connectivity index (χ4n) is 3.44. The molecule has 3 rings (SSSR count). The normalized spacial score (nSPS) is 19.3. The van der Waals surface area contributed by atoms with Gasteiger partial charge in [0.05, 0.1) is 23.1 Å². The van der Waals surface area contributed by atoms with Crippen LogP contribution in [0.2, 0.25) is 0 Å². The molecule has 1 N–H and O–H groups in total. The summed E-state index contributed by atoms with van der Waals surface area (Å²) in [6.07, 6.45) is 2.42. The van der Waals surface area contributed by atoms with E-state index in [2.05, 4.69) is 9.71 Å². The molecule has 0 aliphatic carbocycles. The maximum Gasteiger partial charge on any atom is 0.255 e. The molecule has 1 saturated heterocycles. The second kappa shape index (κ2) is 8.89. The summed E-state index contributed by atoms with van der Waals surface area (Å²) < 4.78 is 38.8. The summed E-state index contributed by atoms with van der Waals surface area (Å²) in [6, 6.07) is 11.5. The Kier molecular flexibility index (Phi) is 6.51. The van der Waals surface area contributed by atoms with Gasteiger partial charge in [0.2, 0.25) is 15.9 Å². The molecule has 0 spiro atoms. The van der Waals surface area contributed by atoms with Crippen molar-refractivity contribution in [1.29, 1.82) is 0 Å². The van der Waals surface area contributed by atoms with Crippen LogP contribution in [0.5, 0.6) is 5.88 Å². The Labute approximate surface area is 170 Å². The first kappa shape index (κ1) is 21.2. The number of nitrogens with one attached hydrogen (secondary N) is 1. The van der Waals surface area contributed by atoms with Gasteiger partial charge < -0.3 is 14.4 Å². The maximum atomic E-state index is 12.9. The third kappa shape index (κ3) is 4.92. The zero-order valence-electron chi connectivity index (χ0n) is 16.5. The number of sulfonamides is 1. The minimum Gasteiger partial charge on any atom is -0.481 e. The number of ether oxygens (including phenoxy) is 2. The molecule has 1 atom stereocenters. The van der Waals surface area contributed by atoms with Gasteiger partial charge in [-0.2, -0.15) is 0 Å². The standard InChI is InChI=1S/C20H25N3O5S/c1-27-13-11-20(22-29(25,26)17-6-4-3-5-7-17)10-12-23(15-20)19(24)16-8-9-18(28-2)21-14-16/h3-9,14,22H,10-13,15H2,1-2H3. The minimum absolute atomic E-state index is 0.195. The van der Waals surface area contributed by atoms with E-state index < -0.39 is 15.6 Å². The predicted octanol–water partition coefficient (Wildman–Crippen LogP) is 1.69. The number of pyridine rings is 1. The van der Waals surface area contributed by atoms with Crippen molar-refractivity contribution in [2.24, 2.45) is 0 Å². The van der Waals surface area contributed by atoms with E-state index in [1.54, 1.807) is 54.5 Å². The molecule has 1 aliphatic rings. The van der Waals surface area contributed by atoms with Gasteiger partial charge in [-0.25, -0.2) is 18.1 Å². The van der Waals surface area contributed by atoms with Crippen LogP contribution in [-0.4, -0.2) is 63.7 Å². The molecule has 1 aliphatic heterocycles. The number of amides is 1. The van der Waals surface area contributed by atoms with E-state index in [9.17, 15) is 13.2 Å². The molecule has 2 heterocycles. The van der Waals surface area contributed by atoms with Crippen molar-refractivity contribution in [2.75, 3.05) is 33.9 Å². The summed E-state index contributed by atoms with van der Waals surface area (Å²) in [5.74, 6) is 0.228. The van der Waals surface area contributed by atoms with Gasteiger partial charge in [0.25, 0.3) is 5.91 Å². The molecular formula is C20H25N3O5S. The maximum absolute atomic E-state index is 12.9. The van der Waals surface area contributed by atoms with Crippen LogP contribution in [0.1, 0.15) is 23.2 Å². The smallest absolute Gasteiger partial charge is 0.255 e. The van der Waals surface area contributed by atoms with E-state index in [1.807, 2.05) is 0 Å². The van der Waals surface area contributed by atoms with Gasteiger partial charge in [-0.3, -0.25) is 4.79 Å². The first-order valence-corrected chi connectivity index (χ1v) is 10.7. The van der Waals surface area contributed by atoms with Crippen LogP contribution in [0, 0.1) is 0 Å². The molecule has 156 valence electrons. The highest BCUT2D eigenvalue weighted by Crippen LogP contribution is 2.28. The first-order chi connectivity index (χ1) is 13.9. The summed E-state index contributed by atoms with van der Waals surface area (Å²) in [6.45, 7) is 1.07. The van der Waals surface area contributed by atoms with Crippen molar-refractivity contribution in [3.63, 3.8) is 0 Å². The average Bonchev–Trinajstić information content (AvgIpc) is 3.16. The Bertz CT molecular complexity index is 934. The van der Waals surface area contributed by atoms with Crippen molar-refractivity contribution >= 4 is 15.9 Å². The van der Waals surface area contributed by atoms with E-state index in [0.717, 1.165) is 0 Å². The number of nitrogens with zero attached hydrogens (tertiary/aromatic N) is 2. The fourth-order valence-corrected chi connectivity index (χ4v) is 4.91. The monoisotopic (exact) mass is 419 g/mol. The zero-order chi connectivity index (χ0) is 20.9. The van der Waals surface area contributed by atoms with Crippen molar-refractivity contribution in [3.8, 4) is 5.88 Å². The van der Waals surface area contributed by atoms with E-state index in [-0.39, 0.29) is 17.3 Å². The molecule has 29 heavy (non-hydrogen) atoms. The highest BCUT2D eigenvalue weighted by atomic mass is 32.2. The number of carbonyl (C=O) groups excluding carboxylic acids is 1. The first-order valence-electron chi connectivity index (χ1n) is 9.26. The molecular weight excluding hydrogens is 394 g/mol. The van der Waals surface area contributed by atoms with Gasteiger partial charge >= 0.3 is 0 Å². The van der Waals surface area contributed by atoms with Gasteiger partial charge in [0.1, 0.15) is 0 Å². The third-order valence-corrected chi connectivity index (χ3v) is 6.62. The lowest BCUT2D eigenvalue weighted by Crippen LogP contribution is -2.51. The van der Waals surface area contributed by atoms with Gasteiger partial charge in [-0.1, -0.05) is 18.2 Å². The number of benzene rings is 1. The van der Waals surface area contributed by atoms with Crippen LogP contribution in [-0.2, 0) is 14.8 Å². The summed E-state index contributed by atoms with van der Waals surface area (Å²) in [5.41, 5.74) is -0.362. The summed E-state index contributed by atoms with van der Waals surface area (Å²) in [4.78, 5) is 18.8. The summed E-state index contributed by atoms with van der Waals surface area (Å²) >= 11 is 0. The lowest BCUT2D eigenvalue weighted by atomic mass is 9.96. The third-order valence-electron chi connectivity index (χ3n) is 5.02. The van der Waals surface area contributed by atoms with E-state index in [4.69, 9.17) is 9.47 Å². The molecule has 0 bridgehead atoms. The largest absolute Gasteiger partial charge is 0.481 e. The second-order valence-electron chi connectivity index (χ2n) is 7.01. The second-order valence-corrected chi connectivity index (χ2v) is 8.69. The van der Waals surface area contributed by atoms with Gasteiger partial charge in [0, 0.05) is 39.1 Å². The Morgan fingerprint density at radius 1 is 1.21 bits per heavy atom. The summed E-state index contributed by atoms with van der Waals surface area (Å²) in [7, 11) is -0.651. The van der Waals surface area contributed by atoms with Crippen LogP contribution >= 0.6 is 0 Å². The Balaban J connectivity index is 1.79. The molecule has 1 aromatic carbocycles. The molecule has 1 unspecified atom stereocenters. The molecule has 1 fully saturated rings. The lowest BCUT2D eigenvalue weighted by Gasteiger charge is -2.30. The average molecular weight is 420 g/mol. The van der Waals surface area contributed by atoms with Crippen molar-refractivity contribution < 1.29 is 22.7 Å². The van der Waals surface area contributed by atoms with E-state index >= 15 is 0 Å². The number of carbonyl (C=O) groups is 1. The molecule has 1 amide bonds.